The van der Waals surface area contributed by atoms with Gasteiger partial charge in [-0.25, -0.2) is 4.98 Å². The van der Waals surface area contributed by atoms with E-state index in [-0.39, 0.29) is 12.6 Å². The summed E-state index contributed by atoms with van der Waals surface area (Å²) in [5.41, 5.74) is 0.867. The molecule has 0 atom stereocenters. The topological polar surface area (TPSA) is 66.6 Å². The molecule has 0 spiro atoms. The molecule has 0 aliphatic carbocycles. The van der Waals surface area contributed by atoms with Crippen molar-refractivity contribution < 1.29 is 14.3 Å². The lowest BCUT2D eigenvalue weighted by Crippen LogP contribution is -2.35. The molecule has 19 heavy (non-hydrogen) atoms. The van der Waals surface area contributed by atoms with Crippen LogP contribution in [0.1, 0.15) is 19.5 Å². The first kappa shape index (κ1) is 13.8. The quantitative estimate of drug-likeness (QED) is 0.881. The van der Waals surface area contributed by atoms with Crippen LogP contribution in [0.15, 0.2) is 28.2 Å². The SMILES string of the molecule is CC(C)N(CC(=O)O)Cc1csc(-c2ccco2)n1. The second-order valence-electron chi connectivity index (χ2n) is 4.51. The van der Waals surface area contributed by atoms with Crippen LogP contribution in [0, 0.1) is 0 Å². The number of carboxylic acids is 1. The van der Waals surface area contributed by atoms with Gasteiger partial charge >= 0.3 is 5.97 Å². The molecule has 1 N–H and O–H groups in total. The molecule has 0 aliphatic heterocycles. The van der Waals surface area contributed by atoms with Crippen molar-refractivity contribution in [3.63, 3.8) is 0 Å². The van der Waals surface area contributed by atoms with Gasteiger partial charge in [-0.15, -0.1) is 11.3 Å². The predicted molar refractivity (Wildman–Crippen MR) is 73.0 cm³/mol. The first-order valence-corrected chi connectivity index (χ1v) is 6.88. The predicted octanol–water partition coefficient (Wildman–Crippen LogP) is 2.70. The molecule has 0 amide bonds. The lowest BCUT2D eigenvalue weighted by molar-refractivity contribution is -0.138. The van der Waals surface area contributed by atoms with Gasteiger partial charge < -0.3 is 9.52 Å². The molecule has 5 nitrogen and oxygen atoms in total. The molecule has 0 bridgehead atoms. The van der Waals surface area contributed by atoms with Gasteiger partial charge in [0.15, 0.2) is 10.8 Å². The third kappa shape index (κ3) is 3.65. The molecule has 6 heteroatoms. The highest BCUT2D eigenvalue weighted by atomic mass is 32.1. The first-order chi connectivity index (χ1) is 9.06. The second kappa shape index (κ2) is 5.99. The average Bonchev–Trinajstić information content (AvgIpc) is 2.97. The van der Waals surface area contributed by atoms with Gasteiger partial charge in [-0.3, -0.25) is 9.69 Å². The van der Waals surface area contributed by atoms with Crippen LogP contribution in [0.4, 0.5) is 0 Å². The van der Waals surface area contributed by atoms with Gasteiger partial charge in [-0.2, -0.15) is 0 Å². The van der Waals surface area contributed by atoms with Gasteiger partial charge in [0.25, 0.3) is 0 Å². The minimum absolute atomic E-state index is 0.0191. The van der Waals surface area contributed by atoms with E-state index in [1.807, 2.05) is 36.3 Å². The van der Waals surface area contributed by atoms with E-state index in [9.17, 15) is 4.79 Å². The molecule has 0 aromatic carbocycles. The highest BCUT2D eigenvalue weighted by molar-refractivity contribution is 7.13. The van der Waals surface area contributed by atoms with Gasteiger partial charge in [-0.05, 0) is 26.0 Å². The lowest BCUT2D eigenvalue weighted by Gasteiger charge is -2.23. The van der Waals surface area contributed by atoms with E-state index >= 15 is 0 Å². The summed E-state index contributed by atoms with van der Waals surface area (Å²) in [6.07, 6.45) is 1.61. The van der Waals surface area contributed by atoms with Crippen LogP contribution in [-0.4, -0.2) is 33.5 Å². The number of aromatic nitrogens is 1. The van der Waals surface area contributed by atoms with Crippen molar-refractivity contribution in [3.05, 3.63) is 29.5 Å². The maximum atomic E-state index is 10.8. The summed E-state index contributed by atoms with van der Waals surface area (Å²) in [6, 6.07) is 3.84. The monoisotopic (exact) mass is 280 g/mol. The molecular weight excluding hydrogens is 264 g/mol. The molecule has 2 aromatic rings. The Hall–Kier alpha value is -1.66. The second-order valence-corrected chi connectivity index (χ2v) is 5.37. The molecule has 0 radical (unpaired) electrons. The molecule has 0 fully saturated rings. The molecule has 2 heterocycles. The number of carbonyl (C=O) groups is 1. The Morgan fingerprint density at radius 2 is 2.37 bits per heavy atom. The van der Waals surface area contributed by atoms with Gasteiger partial charge in [0.2, 0.25) is 0 Å². The summed E-state index contributed by atoms with van der Waals surface area (Å²) in [7, 11) is 0. The van der Waals surface area contributed by atoms with Crippen LogP contribution in [0.25, 0.3) is 10.8 Å². The number of furan rings is 1. The van der Waals surface area contributed by atoms with Gasteiger partial charge in [0.1, 0.15) is 0 Å². The number of rotatable bonds is 6. The number of nitrogens with zero attached hydrogens (tertiary/aromatic N) is 2. The van der Waals surface area contributed by atoms with Gasteiger partial charge in [-0.1, -0.05) is 0 Å². The van der Waals surface area contributed by atoms with Gasteiger partial charge in [0, 0.05) is 18.0 Å². The Kier molecular flexibility index (Phi) is 4.34. The van der Waals surface area contributed by atoms with Crippen LogP contribution in [0.3, 0.4) is 0 Å². The van der Waals surface area contributed by atoms with Crippen molar-refractivity contribution in [3.8, 4) is 10.8 Å². The lowest BCUT2D eigenvalue weighted by atomic mass is 10.3. The van der Waals surface area contributed by atoms with E-state index in [0.29, 0.717) is 6.54 Å². The van der Waals surface area contributed by atoms with E-state index in [1.54, 1.807) is 6.26 Å². The van der Waals surface area contributed by atoms with Crippen molar-refractivity contribution >= 4 is 17.3 Å². The Bertz CT molecular complexity index is 534. The third-order valence-corrected chi connectivity index (χ3v) is 3.62. The van der Waals surface area contributed by atoms with Gasteiger partial charge in [0.05, 0.1) is 18.5 Å². The van der Waals surface area contributed by atoms with Crippen molar-refractivity contribution in [2.45, 2.75) is 26.4 Å². The largest absolute Gasteiger partial charge is 0.480 e. The molecule has 2 rings (SSSR count). The Balaban J connectivity index is 2.08. The zero-order chi connectivity index (χ0) is 13.8. The Morgan fingerprint density at radius 1 is 1.58 bits per heavy atom. The van der Waals surface area contributed by atoms with Crippen LogP contribution in [0.2, 0.25) is 0 Å². The van der Waals surface area contributed by atoms with Crippen LogP contribution in [0.5, 0.6) is 0 Å². The summed E-state index contributed by atoms with van der Waals surface area (Å²) < 4.78 is 5.29. The molecule has 0 saturated carbocycles. The van der Waals surface area contributed by atoms with E-state index < -0.39 is 5.97 Å². The summed E-state index contributed by atoms with van der Waals surface area (Å²) >= 11 is 1.50. The smallest absolute Gasteiger partial charge is 0.317 e. The highest BCUT2D eigenvalue weighted by Crippen LogP contribution is 2.24. The number of carboxylic acid groups (broad SMARTS) is 1. The summed E-state index contributed by atoms with van der Waals surface area (Å²) in [5.74, 6) is -0.0826. The number of thiazole rings is 1. The fraction of sp³-hybridized carbons (Fsp3) is 0.385. The van der Waals surface area contributed by atoms with Crippen LogP contribution < -0.4 is 0 Å². The molecule has 2 aromatic heterocycles. The molecule has 0 saturated heterocycles. The summed E-state index contributed by atoms with van der Waals surface area (Å²) in [4.78, 5) is 17.2. The normalized spacial score (nSPS) is 11.4. The minimum atomic E-state index is -0.824. The summed E-state index contributed by atoms with van der Waals surface area (Å²) in [5, 5.41) is 11.6. The molecule has 102 valence electrons. The van der Waals surface area contributed by atoms with Crippen LogP contribution >= 0.6 is 11.3 Å². The van der Waals surface area contributed by atoms with Crippen molar-refractivity contribution in [1.29, 1.82) is 0 Å². The fourth-order valence-corrected chi connectivity index (χ4v) is 2.47. The number of aliphatic carboxylic acids is 1. The Morgan fingerprint density at radius 3 is 2.95 bits per heavy atom. The number of hydrogen-bond donors (Lipinski definition) is 1. The Labute approximate surface area is 115 Å². The standard InChI is InChI=1S/C13H16N2O3S/c1-9(2)15(7-12(16)17)6-10-8-19-13(14-10)11-4-3-5-18-11/h3-5,8-9H,6-7H2,1-2H3,(H,16,17). The zero-order valence-electron chi connectivity index (χ0n) is 10.9. The fourth-order valence-electron chi connectivity index (χ4n) is 1.70. The van der Waals surface area contributed by atoms with E-state index in [4.69, 9.17) is 9.52 Å². The first-order valence-electron chi connectivity index (χ1n) is 6.00. The molecular formula is C13H16N2O3S. The summed E-state index contributed by atoms with van der Waals surface area (Å²) in [6.45, 7) is 4.50. The maximum absolute atomic E-state index is 10.8. The highest BCUT2D eigenvalue weighted by Gasteiger charge is 2.16. The maximum Gasteiger partial charge on any atom is 0.317 e. The van der Waals surface area contributed by atoms with E-state index in [2.05, 4.69) is 4.98 Å². The van der Waals surface area contributed by atoms with Crippen molar-refractivity contribution in [2.75, 3.05) is 6.54 Å². The molecule has 0 aliphatic rings. The number of hydrogen-bond acceptors (Lipinski definition) is 5. The van der Waals surface area contributed by atoms with Crippen molar-refractivity contribution in [1.82, 2.24) is 9.88 Å². The van der Waals surface area contributed by atoms with Crippen molar-refractivity contribution in [2.24, 2.45) is 0 Å². The van der Waals surface area contributed by atoms with E-state index in [1.165, 1.54) is 11.3 Å². The van der Waals surface area contributed by atoms with Crippen LogP contribution in [-0.2, 0) is 11.3 Å². The average molecular weight is 280 g/mol. The minimum Gasteiger partial charge on any atom is -0.480 e. The third-order valence-electron chi connectivity index (χ3n) is 2.72. The van der Waals surface area contributed by atoms with E-state index in [0.717, 1.165) is 16.5 Å². The zero-order valence-corrected chi connectivity index (χ0v) is 11.7. The molecule has 0 unspecified atom stereocenters.